The number of halogens is 4. The van der Waals surface area contributed by atoms with Crippen molar-refractivity contribution in [1.82, 2.24) is 0 Å². The van der Waals surface area contributed by atoms with Crippen molar-refractivity contribution in [2.45, 2.75) is 0 Å². The van der Waals surface area contributed by atoms with Gasteiger partial charge in [-0.3, -0.25) is 0 Å². The van der Waals surface area contributed by atoms with Crippen LogP contribution in [0.4, 0.5) is 0 Å². The molecule has 0 saturated carbocycles. The van der Waals surface area contributed by atoms with E-state index in [0.717, 1.165) is 0 Å². The van der Waals surface area contributed by atoms with Gasteiger partial charge in [0, 0.05) is 0 Å². The monoisotopic (exact) mass is 599 g/mol. The molecule has 2 nitrogen and oxygen atoms in total. The summed E-state index contributed by atoms with van der Waals surface area (Å²) in [5.74, 6) is 0. The molecule has 0 atom stereocenters. The maximum absolute atomic E-state index is 2.48. The van der Waals surface area contributed by atoms with Crippen molar-refractivity contribution in [3.05, 3.63) is 0 Å². The molecule has 4 N–H and O–H groups in total. The van der Waals surface area contributed by atoms with Crippen LogP contribution < -0.4 is 0 Å². The van der Waals surface area contributed by atoms with Crippen LogP contribution in [0.1, 0.15) is 0 Å². The van der Waals surface area contributed by atoms with Crippen molar-refractivity contribution in [2.75, 3.05) is 0 Å². The van der Waals surface area contributed by atoms with Gasteiger partial charge in [-0.2, -0.15) is 0 Å². The molecule has 0 spiro atoms. The molecular formula is H4I4MnO2. The van der Waals surface area contributed by atoms with Crippen LogP contribution >= 0.6 is 81.4 Å². The van der Waals surface area contributed by atoms with Crippen molar-refractivity contribution in [3.8, 4) is 0 Å². The fraction of sp³-hybridized carbons (Fsp3) is 0. The van der Waals surface area contributed by atoms with Crippen LogP contribution in [0.5, 0.6) is 0 Å². The van der Waals surface area contributed by atoms with Crippen LogP contribution in [0.15, 0.2) is 0 Å². The molecule has 0 aromatic rings. The Labute approximate surface area is 89.7 Å². The van der Waals surface area contributed by atoms with Crippen LogP contribution in [0.3, 0.4) is 0 Å². The maximum atomic E-state index is 2.48. The van der Waals surface area contributed by atoms with E-state index in [0.29, 0.717) is 0 Å². The molecule has 51 valence electrons. The Morgan fingerprint density at radius 2 is 0.714 bits per heavy atom. The standard InChI is InChI=1S/4HI.Mn.2H2O/h4*1H;;2*1H2/q;;;;+4;;/p-4. The molecule has 0 aliphatic carbocycles. The second-order valence-corrected chi connectivity index (χ2v) is 60.1. The molecule has 7 heteroatoms. The van der Waals surface area contributed by atoms with Gasteiger partial charge < -0.3 is 11.0 Å². The van der Waals surface area contributed by atoms with E-state index < -0.39 is -0.154 Å². The summed E-state index contributed by atoms with van der Waals surface area (Å²) in [6.45, 7) is 0. The van der Waals surface area contributed by atoms with Crippen LogP contribution in [0, 0.1) is 0 Å². The average molecular weight is 599 g/mol. The molecule has 0 aromatic heterocycles. The third-order valence-corrected chi connectivity index (χ3v) is 0. The molecule has 0 unspecified atom stereocenters. The molecule has 0 aromatic carbocycles. The van der Waals surface area contributed by atoms with E-state index >= 15 is 0 Å². The van der Waals surface area contributed by atoms with Crippen LogP contribution in [0.25, 0.3) is 0 Å². The van der Waals surface area contributed by atoms with E-state index in [1.807, 2.05) is 0 Å². The first-order valence-electron chi connectivity index (χ1n) is 0.571. The normalized spacial score (nSPS) is 10.9. The Morgan fingerprint density at radius 1 is 0.714 bits per heavy atom. The minimum atomic E-state index is -0.745. The van der Waals surface area contributed by atoms with E-state index in [-0.39, 0.29) is 11.0 Å². The third-order valence-electron chi connectivity index (χ3n) is 0. The zero-order chi connectivity index (χ0) is 4.50. The van der Waals surface area contributed by atoms with Crippen LogP contribution in [-0.4, -0.2) is 11.0 Å². The summed E-state index contributed by atoms with van der Waals surface area (Å²) in [5, 5.41) is 0. The molecule has 0 saturated heterocycles. The summed E-state index contributed by atoms with van der Waals surface area (Å²) in [4.78, 5) is 0. The summed E-state index contributed by atoms with van der Waals surface area (Å²) in [6.07, 6.45) is 0. The van der Waals surface area contributed by atoms with Crippen LogP contribution in [-0.2, 0) is -0.154 Å². The van der Waals surface area contributed by atoms with Gasteiger partial charge in [0.2, 0.25) is 0 Å². The first-order valence-corrected chi connectivity index (χ1v) is 15.8. The second kappa shape index (κ2) is 7.47. The number of hydrogen-bond donors (Lipinski definition) is 0. The Balaban J connectivity index is -0.0000000800. The van der Waals surface area contributed by atoms with Gasteiger partial charge in [0.1, 0.15) is 0 Å². The Kier molecular flexibility index (Phi) is 17.9. The minimum absolute atomic E-state index is 0. The van der Waals surface area contributed by atoms with Gasteiger partial charge in [0.15, 0.2) is 0 Å². The summed E-state index contributed by atoms with van der Waals surface area (Å²) in [6, 6.07) is 0. The zero-order valence-corrected chi connectivity index (χ0v) is 12.7. The molecule has 0 aliphatic rings. The van der Waals surface area contributed by atoms with Crippen molar-refractivity contribution >= 4 is 81.4 Å². The van der Waals surface area contributed by atoms with E-state index in [2.05, 4.69) is 81.4 Å². The quantitative estimate of drug-likeness (QED) is 0.302. The van der Waals surface area contributed by atoms with Crippen molar-refractivity contribution in [3.63, 3.8) is 0 Å². The van der Waals surface area contributed by atoms with E-state index in [9.17, 15) is 0 Å². The van der Waals surface area contributed by atoms with E-state index in [1.165, 1.54) is 0 Å². The Bertz CT molecular complexity index is 25.2. The molecule has 0 aliphatic heterocycles. The van der Waals surface area contributed by atoms with Gasteiger partial charge in [0.05, 0.1) is 0 Å². The summed E-state index contributed by atoms with van der Waals surface area (Å²) in [7, 11) is 0. The second-order valence-electron chi connectivity index (χ2n) is 0.324. The molecule has 0 heterocycles. The Hall–Kier alpha value is 3.36. The molecule has 0 rings (SSSR count). The predicted molar refractivity (Wildman–Crippen MR) is 63.3 cm³/mol. The van der Waals surface area contributed by atoms with E-state index in [1.54, 1.807) is 0 Å². The zero-order valence-electron chi connectivity index (χ0n) is 2.89. The average Bonchev–Trinajstić information content (AvgIpc) is 0.722. The molecular weight excluding hydrogens is 595 g/mol. The molecule has 0 bridgehead atoms. The third kappa shape index (κ3) is 44.9. The fourth-order valence-corrected chi connectivity index (χ4v) is 0. The first kappa shape index (κ1) is 16.8. The Morgan fingerprint density at radius 3 is 0.714 bits per heavy atom. The summed E-state index contributed by atoms with van der Waals surface area (Å²) < 4.78 is -0.745. The molecule has 0 fully saturated rings. The van der Waals surface area contributed by atoms with Gasteiger partial charge in [-0.15, -0.1) is 0 Å². The van der Waals surface area contributed by atoms with Crippen molar-refractivity contribution in [2.24, 2.45) is 0 Å². The topological polar surface area (TPSA) is 63.0 Å². The van der Waals surface area contributed by atoms with Gasteiger partial charge in [-0.25, -0.2) is 0 Å². The molecule has 0 radical (unpaired) electrons. The van der Waals surface area contributed by atoms with E-state index in [4.69, 9.17) is 0 Å². The summed E-state index contributed by atoms with van der Waals surface area (Å²) >= 11 is 9.91. The van der Waals surface area contributed by atoms with Gasteiger partial charge in [0.25, 0.3) is 0 Å². The summed E-state index contributed by atoms with van der Waals surface area (Å²) in [5.41, 5.74) is 0. The fourth-order valence-electron chi connectivity index (χ4n) is 0. The number of hydrogen-bond acceptors (Lipinski definition) is 0. The number of rotatable bonds is 0. The van der Waals surface area contributed by atoms with Crippen LogP contribution in [0.2, 0.25) is 0 Å². The van der Waals surface area contributed by atoms with Gasteiger partial charge in [-0.05, 0) is 0 Å². The SMILES string of the molecule is O.O.[I][Mn]([I])([I])[I]. The predicted octanol–water partition coefficient (Wildman–Crippen LogP) is 1.89. The molecule has 7 heavy (non-hydrogen) atoms. The van der Waals surface area contributed by atoms with Crippen molar-refractivity contribution < 1.29 is 10.8 Å². The molecule has 0 amide bonds. The van der Waals surface area contributed by atoms with Gasteiger partial charge in [-0.1, -0.05) is 0 Å². The van der Waals surface area contributed by atoms with Crippen molar-refractivity contribution in [1.29, 1.82) is 0 Å². The first-order chi connectivity index (χ1) is 2.00. The van der Waals surface area contributed by atoms with Gasteiger partial charge >= 0.3 is 81.2 Å².